The van der Waals surface area contributed by atoms with E-state index >= 15 is 0 Å². The van der Waals surface area contributed by atoms with Crippen LogP contribution in [0.15, 0.2) is 45.7 Å². The van der Waals surface area contributed by atoms with Gasteiger partial charge >= 0.3 is 0 Å². The van der Waals surface area contributed by atoms with Gasteiger partial charge in [-0.3, -0.25) is 19.8 Å². The maximum atomic E-state index is 12.9. The van der Waals surface area contributed by atoms with Crippen LogP contribution >= 0.6 is 24.0 Å². The molecule has 2 heterocycles. The fraction of sp³-hybridized carbons (Fsp3) is 0.364. The number of nitro groups is 1. The smallest absolute Gasteiger partial charge is 0.269 e. The van der Waals surface area contributed by atoms with Crippen LogP contribution in [0.2, 0.25) is 0 Å². The fourth-order valence-corrected chi connectivity index (χ4v) is 4.55. The lowest BCUT2D eigenvalue weighted by molar-refractivity contribution is -0.384. The number of thiocarbonyl (C=S) groups is 1. The van der Waals surface area contributed by atoms with E-state index in [2.05, 4.69) is 13.8 Å². The topological polar surface area (TPSA) is 76.6 Å². The molecule has 0 spiro atoms. The Bertz CT molecular complexity index is 966. The summed E-state index contributed by atoms with van der Waals surface area (Å²) in [5.74, 6) is 1.50. The highest BCUT2D eigenvalue weighted by molar-refractivity contribution is 8.26. The molecule has 3 rings (SSSR count). The first-order valence-electron chi connectivity index (χ1n) is 10.0. The number of amides is 1. The fourth-order valence-electron chi connectivity index (χ4n) is 3.30. The van der Waals surface area contributed by atoms with Crippen molar-refractivity contribution in [3.8, 4) is 11.3 Å². The number of carbonyl (C=O) groups is 1. The number of hydrogen-bond donors (Lipinski definition) is 0. The molecule has 0 aliphatic carbocycles. The van der Waals surface area contributed by atoms with Gasteiger partial charge in [0.2, 0.25) is 0 Å². The van der Waals surface area contributed by atoms with E-state index in [9.17, 15) is 14.9 Å². The zero-order valence-electron chi connectivity index (χ0n) is 17.0. The largest absolute Gasteiger partial charge is 0.457 e. The summed E-state index contributed by atoms with van der Waals surface area (Å²) in [6.07, 6.45) is 6.12. The molecular formula is C22H24N2O4S2. The lowest BCUT2D eigenvalue weighted by atomic mass is 9.99. The predicted molar refractivity (Wildman–Crippen MR) is 124 cm³/mol. The summed E-state index contributed by atoms with van der Waals surface area (Å²) in [4.78, 5) is 25.5. The summed E-state index contributed by atoms with van der Waals surface area (Å²) in [7, 11) is 0. The summed E-state index contributed by atoms with van der Waals surface area (Å²) in [5, 5.41) is 10.8. The Kier molecular flexibility index (Phi) is 7.44. The molecule has 8 heteroatoms. The lowest BCUT2D eigenvalue weighted by Crippen LogP contribution is -2.33. The standard InChI is InChI=1S/C22H24N2O4S2/c1-3-5-6-15(4-2)14-23-21(25)20(30-22(23)29)13-18-11-12-19(28-18)16-7-9-17(10-8-16)24(26)27/h7-13,15H,3-6,14H2,1-2H3/b20-13-/t15-/m1/s1. The van der Waals surface area contributed by atoms with Gasteiger partial charge in [-0.1, -0.05) is 57.1 Å². The highest BCUT2D eigenvalue weighted by Crippen LogP contribution is 2.35. The van der Waals surface area contributed by atoms with Crippen molar-refractivity contribution >= 4 is 46.0 Å². The number of non-ortho nitro benzene ring substituents is 1. The molecule has 2 aromatic rings. The van der Waals surface area contributed by atoms with Crippen LogP contribution < -0.4 is 0 Å². The Morgan fingerprint density at radius 1 is 1.23 bits per heavy atom. The summed E-state index contributed by atoms with van der Waals surface area (Å²) in [6.45, 7) is 4.98. The van der Waals surface area contributed by atoms with Crippen LogP contribution in [0.1, 0.15) is 45.3 Å². The maximum Gasteiger partial charge on any atom is 0.269 e. The molecule has 30 heavy (non-hydrogen) atoms. The molecule has 0 radical (unpaired) electrons. The molecule has 1 atom stereocenters. The predicted octanol–water partition coefficient (Wildman–Crippen LogP) is 6.27. The third-order valence-electron chi connectivity index (χ3n) is 5.12. The van der Waals surface area contributed by atoms with Crippen molar-refractivity contribution in [1.29, 1.82) is 0 Å². The average molecular weight is 445 g/mol. The van der Waals surface area contributed by atoms with E-state index in [1.165, 1.54) is 23.9 Å². The first-order chi connectivity index (χ1) is 14.4. The van der Waals surface area contributed by atoms with Crippen molar-refractivity contribution in [1.82, 2.24) is 4.90 Å². The molecule has 0 N–H and O–H groups in total. The number of thioether (sulfide) groups is 1. The molecule has 0 saturated carbocycles. The van der Waals surface area contributed by atoms with E-state index < -0.39 is 4.92 Å². The number of rotatable bonds is 9. The van der Waals surface area contributed by atoms with Gasteiger partial charge in [-0.25, -0.2) is 0 Å². The number of nitro benzene ring substituents is 1. The molecule has 6 nitrogen and oxygen atoms in total. The number of benzene rings is 1. The van der Waals surface area contributed by atoms with Crippen molar-refractivity contribution in [2.75, 3.05) is 6.54 Å². The second-order valence-corrected chi connectivity index (χ2v) is 8.89. The monoisotopic (exact) mass is 444 g/mol. The van der Waals surface area contributed by atoms with Gasteiger partial charge in [-0.15, -0.1) is 0 Å². The summed E-state index contributed by atoms with van der Waals surface area (Å²) in [5.41, 5.74) is 0.757. The maximum absolute atomic E-state index is 12.9. The van der Waals surface area contributed by atoms with E-state index in [1.807, 2.05) is 0 Å². The molecule has 158 valence electrons. The van der Waals surface area contributed by atoms with E-state index in [0.29, 0.717) is 33.2 Å². The second-order valence-electron chi connectivity index (χ2n) is 7.21. The van der Waals surface area contributed by atoms with Crippen LogP contribution in [0.4, 0.5) is 5.69 Å². The third-order valence-corrected chi connectivity index (χ3v) is 6.50. The molecule has 1 aromatic carbocycles. The van der Waals surface area contributed by atoms with E-state index in [1.54, 1.807) is 35.2 Å². The van der Waals surface area contributed by atoms with Crippen LogP contribution in [0.25, 0.3) is 17.4 Å². The number of hydrogen-bond acceptors (Lipinski definition) is 6. The molecule has 1 aliphatic rings. The molecule has 1 aromatic heterocycles. The third kappa shape index (κ3) is 5.17. The lowest BCUT2D eigenvalue weighted by Gasteiger charge is -2.21. The summed E-state index contributed by atoms with van der Waals surface area (Å²) < 4.78 is 6.42. The Morgan fingerprint density at radius 2 is 1.97 bits per heavy atom. The first kappa shape index (κ1) is 22.2. The first-order valence-corrected chi connectivity index (χ1v) is 11.3. The Morgan fingerprint density at radius 3 is 2.60 bits per heavy atom. The Hall–Kier alpha value is -2.45. The van der Waals surface area contributed by atoms with Crippen molar-refractivity contribution in [2.45, 2.75) is 39.5 Å². The molecule has 1 amide bonds. The van der Waals surface area contributed by atoms with E-state index in [4.69, 9.17) is 16.6 Å². The van der Waals surface area contributed by atoms with Gasteiger partial charge in [0.1, 0.15) is 15.8 Å². The minimum absolute atomic E-state index is 0.0264. The van der Waals surface area contributed by atoms with Crippen molar-refractivity contribution < 1.29 is 14.1 Å². The SMILES string of the molecule is CCCC[C@@H](CC)CN1C(=O)/C(=C/c2ccc(-c3ccc([N+](=O)[O-])cc3)o2)SC1=S. The Balaban J connectivity index is 1.72. The minimum atomic E-state index is -0.440. The number of carbonyl (C=O) groups excluding carboxylic acids is 1. The van der Waals surface area contributed by atoms with Crippen molar-refractivity contribution in [2.24, 2.45) is 5.92 Å². The van der Waals surface area contributed by atoms with Gasteiger partial charge in [0.25, 0.3) is 11.6 Å². The zero-order chi connectivity index (χ0) is 21.7. The van der Waals surface area contributed by atoms with Gasteiger partial charge in [0, 0.05) is 30.3 Å². The minimum Gasteiger partial charge on any atom is -0.457 e. The van der Waals surface area contributed by atoms with Gasteiger partial charge < -0.3 is 4.42 Å². The highest BCUT2D eigenvalue weighted by atomic mass is 32.2. The molecule has 0 bridgehead atoms. The van der Waals surface area contributed by atoms with Gasteiger partial charge in [-0.2, -0.15) is 0 Å². The number of furan rings is 1. The number of nitrogens with zero attached hydrogens (tertiary/aromatic N) is 2. The van der Waals surface area contributed by atoms with E-state index in [0.717, 1.165) is 31.2 Å². The molecule has 1 aliphatic heterocycles. The van der Waals surface area contributed by atoms with Crippen LogP contribution in [0.3, 0.4) is 0 Å². The Labute approximate surface area is 185 Å². The molecule has 0 unspecified atom stereocenters. The van der Waals surface area contributed by atoms with Gasteiger partial charge in [0.05, 0.1) is 9.83 Å². The zero-order valence-corrected chi connectivity index (χ0v) is 18.6. The van der Waals surface area contributed by atoms with Crippen LogP contribution in [0.5, 0.6) is 0 Å². The number of unbranched alkanes of at least 4 members (excludes halogenated alkanes) is 1. The van der Waals surface area contributed by atoms with Crippen molar-refractivity contribution in [3.05, 3.63) is 57.2 Å². The molecule has 1 fully saturated rings. The quantitative estimate of drug-likeness (QED) is 0.196. The van der Waals surface area contributed by atoms with Crippen LogP contribution in [-0.4, -0.2) is 26.6 Å². The summed E-state index contributed by atoms with van der Waals surface area (Å²) in [6, 6.07) is 9.71. The van der Waals surface area contributed by atoms with Crippen LogP contribution in [0, 0.1) is 16.0 Å². The van der Waals surface area contributed by atoms with Gasteiger partial charge in [0.15, 0.2) is 0 Å². The highest BCUT2D eigenvalue weighted by Gasteiger charge is 2.33. The average Bonchev–Trinajstić information content (AvgIpc) is 3.31. The van der Waals surface area contributed by atoms with E-state index in [-0.39, 0.29) is 11.6 Å². The van der Waals surface area contributed by atoms with Crippen molar-refractivity contribution in [3.63, 3.8) is 0 Å². The molecule has 1 saturated heterocycles. The molecular weight excluding hydrogens is 420 g/mol. The van der Waals surface area contributed by atoms with Gasteiger partial charge in [-0.05, 0) is 36.6 Å². The second kappa shape index (κ2) is 10.0. The normalized spacial score (nSPS) is 16.5. The van der Waals surface area contributed by atoms with Crippen LogP contribution in [-0.2, 0) is 4.79 Å². The summed E-state index contributed by atoms with van der Waals surface area (Å²) >= 11 is 6.74.